The van der Waals surface area contributed by atoms with Crippen molar-refractivity contribution in [1.29, 1.82) is 0 Å². The Hall–Kier alpha value is -2.70. The first-order valence-corrected chi connectivity index (χ1v) is 10.8. The number of fused-ring (bicyclic) bond motifs is 1. The van der Waals surface area contributed by atoms with Crippen molar-refractivity contribution in [3.8, 4) is 5.69 Å². The Balaban J connectivity index is 1.62. The number of Topliss-reactive ketones (excluding diaryl/α,β-unsaturated/α-hetero) is 1. The van der Waals surface area contributed by atoms with Crippen molar-refractivity contribution < 1.29 is 14.7 Å². The first-order chi connectivity index (χ1) is 14.4. The summed E-state index contributed by atoms with van der Waals surface area (Å²) in [6.07, 6.45) is 5.32. The fourth-order valence-electron chi connectivity index (χ4n) is 3.89. The van der Waals surface area contributed by atoms with Gasteiger partial charge in [-0.3, -0.25) is 9.59 Å². The van der Waals surface area contributed by atoms with Crippen LogP contribution in [0.4, 0.5) is 5.69 Å². The van der Waals surface area contributed by atoms with Crippen molar-refractivity contribution in [1.82, 2.24) is 4.57 Å². The molecule has 2 aromatic carbocycles. The molecule has 4 rings (SSSR count). The number of rotatable bonds is 7. The Bertz CT molecular complexity index is 1080. The number of hydrogen-bond acceptors (Lipinski definition) is 3. The molecule has 0 bridgehead atoms. The lowest BCUT2D eigenvalue weighted by Gasteiger charge is -2.22. The van der Waals surface area contributed by atoms with Crippen LogP contribution in [0.25, 0.3) is 5.69 Å². The van der Waals surface area contributed by atoms with Gasteiger partial charge in [0, 0.05) is 40.2 Å². The van der Waals surface area contributed by atoms with Crippen molar-refractivity contribution in [2.24, 2.45) is 0 Å². The number of aromatic nitrogens is 1. The summed E-state index contributed by atoms with van der Waals surface area (Å²) in [5.41, 5.74) is 0.705. The highest BCUT2D eigenvalue weighted by Gasteiger charge is 2.50. The number of ketones is 1. The van der Waals surface area contributed by atoms with Crippen LogP contribution in [0.3, 0.4) is 0 Å². The third-order valence-electron chi connectivity index (χ3n) is 5.54. The van der Waals surface area contributed by atoms with Crippen LogP contribution in [0, 0.1) is 0 Å². The smallest absolute Gasteiger partial charge is 0.264 e. The third kappa shape index (κ3) is 3.61. The summed E-state index contributed by atoms with van der Waals surface area (Å²) >= 11 is 3.42. The molecular weight excluding hydrogens is 444 g/mol. The first kappa shape index (κ1) is 20.6. The minimum Gasteiger partial charge on any atom is -0.375 e. The number of nitrogens with zero attached hydrogens (tertiary/aromatic N) is 2. The maximum Gasteiger partial charge on any atom is 0.264 e. The number of halogens is 1. The van der Waals surface area contributed by atoms with E-state index < -0.39 is 11.5 Å². The van der Waals surface area contributed by atoms with Gasteiger partial charge in [0.2, 0.25) is 0 Å². The van der Waals surface area contributed by atoms with Gasteiger partial charge in [-0.25, -0.2) is 0 Å². The van der Waals surface area contributed by atoms with E-state index in [9.17, 15) is 14.7 Å². The molecule has 0 fully saturated rings. The molecule has 1 aliphatic rings. The average molecular weight is 467 g/mol. The van der Waals surface area contributed by atoms with Gasteiger partial charge in [-0.1, -0.05) is 29.3 Å². The molecule has 0 saturated carbocycles. The molecule has 0 saturated heterocycles. The van der Waals surface area contributed by atoms with Crippen LogP contribution in [-0.2, 0) is 10.4 Å². The summed E-state index contributed by atoms with van der Waals surface area (Å²) in [7, 11) is 0. The SMILES string of the molecule is CCCCN1C(=O)C(O)(CC(=O)c2ccc(-n3cccc3)cc2)c2cc(Br)ccc21. The summed E-state index contributed by atoms with van der Waals surface area (Å²) in [4.78, 5) is 27.8. The normalized spacial score (nSPS) is 18.0. The summed E-state index contributed by atoms with van der Waals surface area (Å²) in [6.45, 7) is 2.57. The molecule has 1 amide bonds. The number of hydrogen-bond donors (Lipinski definition) is 1. The second-order valence-corrected chi connectivity index (χ2v) is 8.48. The second-order valence-electron chi connectivity index (χ2n) is 7.57. The number of aliphatic hydroxyl groups is 1. The van der Waals surface area contributed by atoms with Crippen molar-refractivity contribution in [3.63, 3.8) is 0 Å². The molecule has 1 aliphatic heterocycles. The van der Waals surface area contributed by atoms with E-state index in [1.54, 1.807) is 23.1 Å². The topological polar surface area (TPSA) is 62.5 Å². The fourth-order valence-corrected chi connectivity index (χ4v) is 4.25. The number of carbonyl (C=O) groups excluding carboxylic acids is 2. The fraction of sp³-hybridized carbons (Fsp3) is 0.250. The van der Waals surface area contributed by atoms with Gasteiger partial charge in [0.15, 0.2) is 11.4 Å². The molecular formula is C24H23BrN2O3. The molecule has 0 spiro atoms. The van der Waals surface area contributed by atoms with E-state index in [1.165, 1.54) is 0 Å². The Morgan fingerprint density at radius 3 is 2.47 bits per heavy atom. The van der Waals surface area contributed by atoms with Crippen LogP contribution < -0.4 is 4.90 Å². The largest absolute Gasteiger partial charge is 0.375 e. The number of amides is 1. The number of carbonyl (C=O) groups is 2. The lowest BCUT2D eigenvalue weighted by atomic mass is 9.88. The highest BCUT2D eigenvalue weighted by molar-refractivity contribution is 9.10. The highest BCUT2D eigenvalue weighted by atomic mass is 79.9. The van der Waals surface area contributed by atoms with Gasteiger partial charge in [0.1, 0.15) is 0 Å². The number of benzene rings is 2. The summed E-state index contributed by atoms with van der Waals surface area (Å²) in [5.74, 6) is -0.700. The van der Waals surface area contributed by atoms with Gasteiger partial charge in [0.25, 0.3) is 5.91 Å². The summed E-state index contributed by atoms with van der Waals surface area (Å²) in [6, 6.07) is 16.4. The molecule has 3 aromatic rings. The van der Waals surface area contributed by atoms with Crippen LogP contribution in [-0.4, -0.2) is 27.9 Å². The van der Waals surface area contributed by atoms with E-state index in [4.69, 9.17) is 0 Å². The van der Waals surface area contributed by atoms with Crippen LogP contribution in [0.2, 0.25) is 0 Å². The van der Waals surface area contributed by atoms with Gasteiger partial charge >= 0.3 is 0 Å². The molecule has 154 valence electrons. The molecule has 5 nitrogen and oxygen atoms in total. The monoisotopic (exact) mass is 466 g/mol. The van der Waals surface area contributed by atoms with Gasteiger partial charge in [-0.2, -0.15) is 0 Å². The average Bonchev–Trinajstić information content (AvgIpc) is 3.35. The quantitative estimate of drug-likeness (QED) is 0.506. The molecule has 1 aromatic heterocycles. The minimum absolute atomic E-state index is 0.270. The zero-order chi connectivity index (χ0) is 21.3. The third-order valence-corrected chi connectivity index (χ3v) is 6.03. The lowest BCUT2D eigenvalue weighted by Crippen LogP contribution is -2.42. The van der Waals surface area contributed by atoms with Gasteiger partial charge in [-0.05, 0) is 61.0 Å². The summed E-state index contributed by atoms with van der Waals surface area (Å²) < 4.78 is 2.70. The second kappa shape index (κ2) is 8.20. The Morgan fingerprint density at radius 2 is 1.80 bits per heavy atom. The predicted octanol–water partition coefficient (Wildman–Crippen LogP) is 4.85. The molecule has 1 atom stereocenters. The molecule has 2 heterocycles. The minimum atomic E-state index is -1.86. The lowest BCUT2D eigenvalue weighted by molar-refractivity contribution is -0.135. The van der Waals surface area contributed by atoms with Crippen molar-refractivity contribution in [2.75, 3.05) is 11.4 Å². The molecule has 0 aliphatic carbocycles. The van der Waals surface area contributed by atoms with Crippen LogP contribution in [0.5, 0.6) is 0 Å². The molecule has 6 heteroatoms. The van der Waals surface area contributed by atoms with E-state index in [2.05, 4.69) is 22.9 Å². The zero-order valence-electron chi connectivity index (χ0n) is 16.7. The van der Waals surface area contributed by atoms with Crippen molar-refractivity contribution in [3.05, 3.63) is 82.6 Å². The van der Waals surface area contributed by atoms with Gasteiger partial charge in [-0.15, -0.1) is 0 Å². The van der Waals surface area contributed by atoms with Crippen molar-refractivity contribution in [2.45, 2.75) is 31.8 Å². The Morgan fingerprint density at radius 1 is 1.10 bits per heavy atom. The van der Waals surface area contributed by atoms with E-state index in [-0.39, 0.29) is 12.2 Å². The van der Waals surface area contributed by atoms with Crippen molar-refractivity contribution >= 4 is 33.3 Å². The van der Waals surface area contributed by atoms with E-state index >= 15 is 0 Å². The molecule has 0 radical (unpaired) electrons. The first-order valence-electron chi connectivity index (χ1n) is 10.0. The number of unbranched alkanes of at least 4 members (excludes halogenated alkanes) is 1. The van der Waals surface area contributed by atoms with Gasteiger partial charge in [0.05, 0.1) is 12.1 Å². The van der Waals surface area contributed by atoms with E-state index in [0.29, 0.717) is 23.4 Å². The van der Waals surface area contributed by atoms with Crippen LogP contribution in [0.15, 0.2) is 71.5 Å². The Kier molecular flexibility index (Phi) is 5.62. The maximum absolute atomic E-state index is 13.2. The maximum atomic E-state index is 13.2. The molecule has 1 N–H and O–H groups in total. The molecule has 1 unspecified atom stereocenters. The Labute approximate surface area is 184 Å². The predicted molar refractivity (Wildman–Crippen MR) is 120 cm³/mol. The van der Waals surface area contributed by atoms with E-state index in [1.807, 2.05) is 53.4 Å². The van der Waals surface area contributed by atoms with E-state index in [0.717, 1.165) is 23.0 Å². The van der Waals surface area contributed by atoms with Gasteiger partial charge < -0.3 is 14.6 Å². The van der Waals surface area contributed by atoms with Crippen LogP contribution >= 0.6 is 15.9 Å². The number of anilines is 1. The zero-order valence-corrected chi connectivity index (χ0v) is 18.3. The summed E-state index contributed by atoms with van der Waals surface area (Å²) in [5, 5.41) is 11.4. The highest BCUT2D eigenvalue weighted by Crippen LogP contribution is 2.44. The molecule has 30 heavy (non-hydrogen) atoms. The van der Waals surface area contributed by atoms with Crippen LogP contribution in [0.1, 0.15) is 42.1 Å². The standard InChI is InChI=1S/C24H23BrN2O3/c1-2-3-14-27-21-11-8-18(25)15-20(21)24(30,23(27)29)16-22(28)17-6-9-19(10-7-17)26-12-4-5-13-26/h4-13,15,30H,2-3,14,16H2,1H3.